The highest BCUT2D eigenvalue weighted by Crippen LogP contribution is 2.32. The fourth-order valence-electron chi connectivity index (χ4n) is 2.56. The third-order valence-electron chi connectivity index (χ3n) is 3.28. The van der Waals surface area contributed by atoms with Crippen molar-refractivity contribution < 1.29 is 0 Å². The number of thioether (sulfide) groups is 1. The molecule has 88 valence electrons. The van der Waals surface area contributed by atoms with Crippen molar-refractivity contribution in [2.24, 2.45) is 0 Å². The van der Waals surface area contributed by atoms with E-state index >= 15 is 0 Å². The third-order valence-corrected chi connectivity index (χ3v) is 4.11. The van der Waals surface area contributed by atoms with Crippen LogP contribution in [-0.4, -0.2) is 18.1 Å². The zero-order chi connectivity index (χ0) is 11.5. The summed E-state index contributed by atoms with van der Waals surface area (Å²) in [7, 11) is 0. The van der Waals surface area contributed by atoms with Gasteiger partial charge in [0.25, 0.3) is 0 Å². The van der Waals surface area contributed by atoms with Crippen molar-refractivity contribution in [1.29, 1.82) is 0 Å². The van der Waals surface area contributed by atoms with Gasteiger partial charge in [-0.2, -0.15) is 11.8 Å². The van der Waals surface area contributed by atoms with Crippen LogP contribution in [0.1, 0.15) is 36.1 Å². The molecule has 0 amide bonds. The van der Waals surface area contributed by atoms with Gasteiger partial charge in [-0.3, -0.25) is 0 Å². The highest BCUT2D eigenvalue weighted by atomic mass is 32.2. The van der Waals surface area contributed by atoms with Gasteiger partial charge in [0.2, 0.25) is 0 Å². The molecular formula is C14H21NS. The number of hydrogen-bond acceptors (Lipinski definition) is 2. The second-order valence-corrected chi connectivity index (χ2v) is 5.73. The van der Waals surface area contributed by atoms with Gasteiger partial charge in [0.1, 0.15) is 0 Å². The predicted octanol–water partition coefficient (Wildman–Crippen LogP) is 3.32. The molecule has 0 radical (unpaired) electrons. The molecule has 16 heavy (non-hydrogen) atoms. The molecule has 2 atom stereocenters. The van der Waals surface area contributed by atoms with Gasteiger partial charge in [0, 0.05) is 17.8 Å². The van der Waals surface area contributed by atoms with E-state index in [0.717, 1.165) is 0 Å². The van der Waals surface area contributed by atoms with E-state index < -0.39 is 0 Å². The normalized spacial score (nSPS) is 20.8. The van der Waals surface area contributed by atoms with Crippen LogP contribution >= 0.6 is 11.8 Å². The van der Waals surface area contributed by atoms with Crippen molar-refractivity contribution in [2.45, 2.75) is 38.8 Å². The smallest absolute Gasteiger partial charge is 0.0328 e. The molecule has 1 aliphatic carbocycles. The second kappa shape index (κ2) is 5.24. The lowest BCUT2D eigenvalue weighted by atomic mass is 10.1. The van der Waals surface area contributed by atoms with Gasteiger partial charge in [0.05, 0.1) is 0 Å². The summed E-state index contributed by atoms with van der Waals surface area (Å²) < 4.78 is 0. The van der Waals surface area contributed by atoms with E-state index in [1.807, 2.05) is 11.8 Å². The summed E-state index contributed by atoms with van der Waals surface area (Å²) in [6.45, 7) is 4.46. The molecule has 1 aromatic rings. The predicted molar refractivity (Wildman–Crippen MR) is 73.2 cm³/mol. The van der Waals surface area contributed by atoms with Crippen LogP contribution in [-0.2, 0) is 6.42 Å². The molecule has 1 aliphatic rings. The highest BCUT2D eigenvalue weighted by Gasteiger charge is 2.23. The van der Waals surface area contributed by atoms with Crippen LogP contribution < -0.4 is 5.32 Å². The molecule has 0 aromatic heterocycles. The van der Waals surface area contributed by atoms with Crippen LogP contribution in [0.5, 0.6) is 0 Å². The van der Waals surface area contributed by atoms with E-state index in [2.05, 4.69) is 43.6 Å². The Kier molecular flexibility index (Phi) is 3.93. The first-order valence-electron chi connectivity index (χ1n) is 6.05. The van der Waals surface area contributed by atoms with Crippen LogP contribution in [0, 0.1) is 6.92 Å². The number of nitrogens with one attached hydrogen (secondary N) is 1. The molecule has 0 spiro atoms. The first-order valence-corrected chi connectivity index (χ1v) is 7.44. The lowest BCUT2D eigenvalue weighted by Gasteiger charge is -2.19. The molecule has 1 N–H and O–H groups in total. The summed E-state index contributed by atoms with van der Waals surface area (Å²) in [6.07, 6.45) is 4.67. The average molecular weight is 235 g/mol. The molecule has 0 heterocycles. The number of fused-ring (bicyclic) bond motifs is 1. The Bertz CT molecular complexity index is 362. The molecule has 2 unspecified atom stereocenters. The summed E-state index contributed by atoms with van der Waals surface area (Å²) >= 11 is 1.91. The van der Waals surface area contributed by atoms with Crippen LogP contribution in [0.4, 0.5) is 0 Å². The lowest BCUT2D eigenvalue weighted by Crippen LogP contribution is -2.31. The van der Waals surface area contributed by atoms with Crippen molar-refractivity contribution in [3.63, 3.8) is 0 Å². The van der Waals surface area contributed by atoms with Gasteiger partial charge in [-0.05, 0) is 44.1 Å². The molecule has 0 bridgehead atoms. The first kappa shape index (κ1) is 12.0. The lowest BCUT2D eigenvalue weighted by molar-refractivity contribution is 0.479. The summed E-state index contributed by atoms with van der Waals surface area (Å²) in [5, 5.41) is 3.73. The minimum Gasteiger partial charge on any atom is -0.307 e. The van der Waals surface area contributed by atoms with Gasteiger partial charge in [-0.1, -0.05) is 23.8 Å². The highest BCUT2D eigenvalue weighted by molar-refractivity contribution is 7.98. The third kappa shape index (κ3) is 2.61. The average Bonchev–Trinajstić information content (AvgIpc) is 2.61. The van der Waals surface area contributed by atoms with Crippen LogP contribution in [0.25, 0.3) is 0 Å². The van der Waals surface area contributed by atoms with Crippen LogP contribution in [0.3, 0.4) is 0 Å². The Morgan fingerprint density at radius 1 is 1.50 bits per heavy atom. The maximum Gasteiger partial charge on any atom is 0.0328 e. The van der Waals surface area contributed by atoms with E-state index in [0.29, 0.717) is 12.1 Å². The van der Waals surface area contributed by atoms with Crippen LogP contribution in [0.15, 0.2) is 18.2 Å². The van der Waals surface area contributed by atoms with Crippen molar-refractivity contribution in [1.82, 2.24) is 5.32 Å². The summed E-state index contributed by atoms with van der Waals surface area (Å²) in [5.74, 6) is 1.19. The number of hydrogen-bond donors (Lipinski definition) is 1. The Balaban J connectivity index is 2.06. The molecule has 1 aromatic carbocycles. The fraction of sp³-hybridized carbons (Fsp3) is 0.571. The van der Waals surface area contributed by atoms with Gasteiger partial charge in [-0.25, -0.2) is 0 Å². The minimum absolute atomic E-state index is 0.581. The van der Waals surface area contributed by atoms with Crippen LogP contribution in [0.2, 0.25) is 0 Å². The van der Waals surface area contributed by atoms with E-state index in [1.54, 1.807) is 5.56 Å². The quantitative estimate of drug-likeness (QED) is 0.859. The van der Waals surface area contributed by atoms with E-state index in [-0.39, 0.29) is 0 Å². The molecule has 0 saturated heterocycles. The number of aryl methyl sites for hydroxylation is 2. The Labute approximate surface area is 103 Å². The summed E-state index contributed by atoms with van der Waals surface area (Å²) in [4.78, 5) is 0. The maximum absolute atomic E-state index is 3.73. The molecule has 2 rings (SSSR count). The van der Waals surface area contributed by atoms with Gasteiger partial charge in [-0.15, -0.1) is 0 Å². The molecule has 1 nitrogen and oxygen atoms in total. The monoisotopic (exact) mass is 235 g/mol. The Morgan fingerprint density at radius 3 is 3.06 bits per heavy atom. The van der Waals surface area contributed by atoms with Crippen molar-refractivity contribution in [2.75, 3.05) is 12.0 Å². The molecular weight excluding hydrogens is 214 g/mol. The Morgan fingerprint density at radius 2 is 2.31 bits per heavy atom. The minimum atomic E-state index is 0.581. The van der Waals surface area contributed by atoms with Gasteiger partial charge < -0.3 is 5.32 Å². The zero-order valence-electron chi connectivity index (χ0n) is 10.4. The topological polar surface area (TPSA) is 12.0 Å². The largest absolute Gasteiger partial charge is 0.307 e. The summed E-state index contributed by atoms with van der Waals surface area (Å²) in [6, 6.07) is 8.07. The van der Waals surface area contributed by atoms with Crippen molar-refractivity contribution in [3.05, 3.63) is 34.9 Å². The molecule has 0 fully saturated rings. The van der Waals surface area contributed by atoms with E-state index in [9.17, 15) is 0 Å². The van der Waals surface area contributed by atoms with Crippen molar-refractivity contribution in [3.8, 4) is 0 Å². The van der Waals surface area contributed by atoms with E-state index in [4.69, 9.17) is 0 Å². The number of rotatable bonds is 4. The standard InChI is InChI=1S/C14H21NS/c1-10-4-6-13-12(8-10)5-7-14(13)15-11(2)9-16-3/h4,6,8,11,14-15H,5,7,9H2,1-3H3. The maximum atomic E-state index is 3.73. The first-order chi connectivity index (χ1) is 7.70. The fourth-order valence-corrected chi connectivity index (χ4v) is 3.16. The second-order valence-electron chi connectivity index (χ2n) is 4.82. The molecule has 0 saturated carbocycles. The summed E-state index contributed by atoms with van der Waals surface area (Å²) in [5.41, 5.74) is 4.46. The Hall–Kier alpha value is -0.470. The molecule has 0 aliphatic heterocycles. The zero-order valence-corrected chi connectivity index (χ0v) is 11.2. The SMILES string of the molecule is CSCC(C)NC1CCc2cc(C)ccc21. The van der Waals surface area contributed by atoms with E-state index in [1.165, 1.54) is 29.7 Å². The van der Waals surface area contributed by atoms with Crippen molar-refractivity contribution >= 4 is 11.8 Å². The van der Waals surface area contributed by atoms with Gasteiger partial charge >= 0.3 is 0 Å². The van der Waals surface area contributed by atoms with Gasteiger partial charge in [0.15, 0.2) is 0 Å². The molecule has 2 heteroatoms. The number of benzene rings is 1.